The lowest BCUT2D eigenvalue weighted by Gasteiger charge is -2.37. The van der Waals surface area contributed by atoms with Gasteiger partial charge in [0.2, 0.25) is 0 Å². The van der Waals surface area contributed by atoms with E-state index < -0.39 is 23.6 Å². The fraction of sp³-hybridized carbons (Fsp3) is 0.579. The zero-order chi connectivity index (χ0) is 21.1. The summed E-state index contributed by atoms with van der Waals surface area (Å²) in [5.41, 5.74) is -0.210. The summed E-state index contributed by atoms with van der Waals surface area (Å²) < 4.78 is 49.2. The van der Waals surface area contributed by atoms with Crippen LogP contribution in [0.4, 0.5) is 13.2 Å². The van der Waals surface area contributed by atoms with Crippen LogP contribution in [0.1, 0.15) is 31.2 Å². The van der Waals surface area contributed by atoms with Gasteiger partial charge in [0.15, 0.2) is 11.5 Å². The van der Waals surface area contributed by atoms with Gasteiger partial charge in [-0.15, -0.1) is 0 Å². The molecule has 1 aromatic rings. The fourth-order valence-electron chi connectivity index (χ4n) is 3.40. The van der Waals surface area contributed by atoms with Crippen LogP contribution in [0.15, 0.2) is 18.2 Å². The Bertz CT molecular complexity index is 787. The Hall–Kier alpha value is -2.51. The molecular formula is C19H22F3N3O4. The summed E-state index contributed by atoms with van der Waals surface area (Å²) in [7, 11) is 0. The number of rotatable bonds is 8. The first kappa shape index (κ1) is 21.2. The Morgan fingerprint density at radius 1 is 1.28 bits per heavy atom. The van der Waals surface area contributed by atoms with Gasteiger partial charge in [-0.05, 0) is 43.4 Å². The molecule has 2 N–H and O–H groups in total. The highest BCUT2D eigenvalue weighted by atomic mass is 19.3. The molecule has 0 radical (unpaired) electrons. The summed E-state index contributed by atoms with van der Waals surface area (Å²) in [6, 6.07) is 6.60. The zero-order valence-electron chi connectivity index (χ0n) is 15.7. The predicted octanol–water partition coefficient (Wildman–Crippen LogP) is 2.53. The number of hydrogen-bond donors (Lipinski definition) is 2. The van der Waals surface area contributed by atoms with Crippen LogP contribution < -0.4 is 15.0 Å². The van der Waals surface area contributed by atoms with Crippen molar-refractivity contribution in [3.63, 3.8) is 0 Å². The minimum absolute atomic E-state index is 0.00607. The largest absolute Gasteiger partial charge is 0.486 e. The van der Waals surface area contributed by atoms with Crippen LogP contribution in [0.5, 0.6) is 11.5 Å². The molecule has 2 aliphatic rings. The Labute approximate surface area is 165 Å². The fourth-order valence-corrected chi connectivity index (χ4v) is 3.40. The van der Waals surface area contributed by atoms with Gasteiger partial charge in [-0.25, -0.2) is 9.87 Å². The minimum atomic E-state index is -3.06. The topological polar surface area (TPSA) is 94.8 Å². The van der Waals surface area contributed by atoms with Gasteiger partial charge in [-0.2, -0.15) is 14.0 Å². The number of hydroxylamine groups is 1. The van der Waals surface area contributed by atoms with Crippen molar-refractivity contribution >= 4 is 5.91 Å². The molecule has 1 aliphatic carbocycles. The van der Waals surface area contributed by atoms with Crippen LogP contribution in [0, 0.1) is 11.3 Å². The van der Waals surface area contributed by atoms with Crippen molar-refractivity contribution in [2.75, 3.05) is 26.2 Å². The lowest BCUT2D eigenvalue weighted by Crippen LogP contribution is -2.45. The lowest BCUT2D eigenvalue weighted by molar-refractivity contribution is -0.130. The number of nitrogens with one attached hydrogen (secondary N) is 1. The maximum absolute atomic E-state index is 13.9. The molecular weight excluding hydrogens is 391 g/mol. The quantitative estimate of drug-likeness (QED) is 0.502. The third-order valence-corrected chi connectivity index (χ3v) is 5.41. The molecule has 158 valence electrons. The van der Waals surface area contributed by atoms with Gasteiger partial charge < -0.3 is 9.47 Å². The number of piperidine rings is 1. The summed E-state index contributed by atoms with van der Waals surface area (Å²) in [6.45, 7) is -2.46. The van der Waals surface area contributed by atoms with Crippen LogP contribution in [-0.2, 0) is 10.2 Å². The third kappa shape index (κ3) is 5.10. The van der Waals surface area contributed by atoms with Crippen molar-refractivity contribution in [3.05, 3.63) is 23.8 Å². The van der Waals surface area contributed by atoms with E-state index >= 15 is 0 Å². The maximum atomic E-state index is 13.9. The van der Waals surface area contributed by atoms with Crippen LogP contribution in [-0.4, -0.2) is 54.5 Å². The number of nitriles is 1. The molecule has 0 spiro atoms. The van der Waals surface area contributed by atoms with Gasteiger partial charge in [0.25, 0.3) is 5.91 Å². The summed E-state index contributed by atoms with van der Waals surface area (Å²) >= 11 is 0. The monoisotopic (exact) mass is 413 g/mol. The van der Waals surface area contributed by atoms with Gasteiger partial charge in [0.1, 0.15) is 12.3 Å². The molecule has 29 heavy (non-hydrogen) atoms. The Morgan fingerprint density at radius 2 is 1.97 bits per heavy atom. The van der Waals surface area contributed by atoms with Gasteiger partial charge in [-0.1, -0.05) is 6.07 Å². The standard InChI is InChI=1S/C19H22F3N3O4/c20-17(21)29-14-2-1-13(9-15(14)28-12-19(22)3-4-19)18(11-23)5-7-25(8-6-18)10-16(26)24-27/h1-2,9,17,27H,3-8,10,12H2,(H,24,26). The SMILES string of the molecule is N#CC1(c2ccc(OC(F)F)c(OCC3(F)CC3)c2)CCN(CC(=O)NO)CC1. The third-order valence-electron chi connectivity index (χ3n) is 5.41. The molecule has 0 unspecified atom stereocenters. The minimum Gasteiger partial charge on any atom is -0.486 e. The molecule has 0 bridgehead atoms. The molecule has 3 rings (SSSR count). The van der Waals surface area contributed by atoms with Crippen LogP contribution in [0.2, 0.25) is 0 Å². The lowest BCUT2D eigenvalue weighted by atomic mass is 9.74. The van der Waals surface area contributed by atoms with Crippen molar-refractivity contribution in [2.24, 2.45) is 0 Å². The van der Waals surface area contributed by atoms with E-state index in [1.54, 1.807) is 10.4 Å². The number of carbonyl (C=O) groups excluding carboxylic acids is 1. The highest BCUT2D eigenvalue weighted by Gasteiger charge is 2.44. The molecule has 1 saturated carbocycles. The number of carbonyl (C=O) groups is 1. The number of alkyl halides is 3. The number of hydrogen-bond acceptors (Lipinski definition) is 6. The molecule has 0 aromatic heterocycles. The second kappa shape index (κ2) is 8.47. The van der Waals surface area contributed by atoms with Crippen molar-refractivity contribution in [2.45, 2.75) is 43.4 Å². The van der Waals surface area contributed by atoms with Crippen LogP contribution in [0.3, 0.4) is 0 Å². The summed E-state index contributed by atoms with van der Waals surface area (Å²) in [4.78, 5) is 13.1. The first-order valence-electron chi connectivity index (χ1n) is 9.27. The van der Waals surface area contributed by atoms with Crippen molar-refractivity contribution in [1.29, 1.82) is 5.26 Å². The molecule has 2 fully saturated rings. The average molecular weight is 413 g/mol. The number of amides is 1. The molecule has 1 aliphatic heterocycles. The second-order valence-corrected chi connectivity index (χ2v) is 7.48. The molecule has 1 amide bonds. The maximum Gasteiger partial charge on any atom is 0.387 e. The predicted molar refractivity (Wildman–Crippen MR) is 94.5 cm³/mol. The van der Waals surface area contributed by atoms with Crippen LogP contribution in [0.25, 0.3) is 0 Å². The molecule has 1 aromatic carbocycles. The first-order valence-corrected chi connectivity index (χ1v) is 9.27. The molecule has 10 heteroatoms. The zero-order valence-corrected chi connectivity index (χ0v) is 15.7. The smallest absolute Gasteiger partial charge is 0.387 e. The van der Waals surface area contributed by atoms with Gasteiger partial charge in [0.05, 0.1) is 18.0 Å². The normalized spacial score (nSPS) is 20.0. The summed E-state index contributed by atoms with van der Waals surface area (Å²) in [6.07, 6.45) is 1.50. The van der Waals surface area contributed by atoms with Gasteiger partial charge in [0, 0.05) is 13.1 Å². The molecule has 1 heterocycles. The van der Waals surface area contributed by atoms with E-state index in [2.05, 4.69) is 10.8 Å². The molecule has 7 nitrogen and oxygen atoms in total. The van der Waals surface area contributed by atoms with Crippen LogP contribution >= 0.6 is 0 Å². The van der Waals surface area contributed by atoms with E-state index in [0.717, 1.165) is 0 Å². The van der Waals surface area contributed by atoms with Crippen molar-refractivity contribution in [3.8, 4) is 17.6 Å². The molecule has 1 saturated heterocycles. The van der Waals surface area contributed by atoms with Gasteiger partial charge in [-0.3, -0.25) is 14.9 Å². The number of nitrogens with zero attached hydrogens (tertiary/aromatic N) is 2. The molecule has 0 atom stereocenters. The van der Waals surface area contributed by atoms with E-state index in [1.165, 1.54) is 18.2 Å². The van der Waals surface area contributed by atoms with E-state index in [0.29, 0.717) is 44.3 Å². The number of halogens is 3. The summed E-state index contributed by atoms with van der Waals surface area (Å²) in [5.74, 6) is -0.777. The van der Waals surface area contributed by atoms with E-state index in [4.69, 9.17) is 9.94 Å². The second-order valence-electron chi connectivity index (χ2n) is 7.48. The Balaban J connectivity index is 1.78. The number of benzene rings is 1. The highest BCUT2D eigenvalue weighted by molar-refractivity contribution is 5.76. The van der Waals surface area contributed by atoms with Gasteiger partial charge >= 0.3 is 6.61 Å². The van der Waals surface area contributed by atoms with E-state index in [1.807, 2.05) is 0 Å². The Morgan fingerprint density at radius 3 is 2.52 bits per heavy atom. The van der Waals surface area contributed by atoms with Crippen molar-refractivity contribution < 1.29 is 32.6 Å². The Kier molecular flexibility index (Phi) is 6.19. The number of likely N-dealkylation sites (tertiary alicyclic amines) is 1. The average Bonchev–Trinajstić information content (AvgIpc) is 3.45. The van der Waals surface area contributed by atoms with E-state index in [9.17, 15) is 23.2 Å². The highest BCUT2D eigenvalue weighted by Crippen LogP contribution is 2.43. The van der Waals surface area contributed by atoms with E-state index in [-0.39, 0.29) is 24.7 Å². The number of ether oxygens (including phenoxy) is 2. The van der Waals surface area contributed by atoms with Crippen molar-refractivity contribution in [1.82, 2.24) is 10.4 Å². The first-order chi connectivity index (χ1) is 13.8. The summed E-state index contributed by atoms with van der Waals surface area (Å²) in [5, 5.41) is 18.5.